The Hall–Kier alpha value is -1.84. The highest BCUT2D eigenvalue weighted by Crippen LogP contribution is 2.13. The first kappa shape index (κ1) is 10.7. The van der Waals surface area contributed by atoms with E-state index in [4.69, 9.17) is 4.74 Å². The first-order valence-corrected chi connectivity index (χ1v) is 5.31. The Kier molecular flexibility index (Phi) is 3.19. The van der Waals surface area contributed by atoms with Crippen LogP contribution < -0.4 is 5.01 Å². The number of carbonyl (C=O) groups excluding carboxylic acids is 1. The molecule has 1 saturated heterocycles. The molecule has 1 aromatic rings. The van der Waals surface area contributed by atoms with E-state index in [0.717, 1.165) is 12.1 Å². The average Bonchev–Trinajstić information content (AvgIpc) is 2.33. The van der Waals surface area contributed by atoms with E-state index in [1.165, 1.54) is 0 Å². The molecule has 1 aliphatic heterocycles. The van der Waals surface area contributed by atoms with Crippen LogP contribution in [-0.4, -0.2) is 25.3 Å². The molecular formula is C12H14N2O2. The number of para-hydroxylation sites is 1. The van der Waals surface area contributed by atoms with Crippen molar-refractivity contribution in [2.75, 3.05) is 18.7 Å². The predicted molar refractivity (Wildman–Crippen MR) is 62.5 cm³/mol. The number of hydrogen-bond donors (Lipinski definition) is 0. The molecule has 0 saturated carbocycles. The van der Waals surface area contributed by atoms with E-state index in [1.807, 2.05) is 37.4 Å². The minimum absolute atomic E-state index is 0.297. The minimum Gasteiger partial charge on any atom is -0.461 e. The zero-order valence-corrected chi connectivity index (χ0v) is 9.22. The second-order valence-corrected chi connectivity index (χ2v) is 3.65. The molecule has 1 aliphatic rings. The van der Waals surface area contributed by atoms with Crippen LogP contribution in [0.3, 0.4) is 0 Å². The average molecular weight is 218 g/mol. The van der Waals surface area contributed by atoms with Crippen LogP contribution in [0.5, 0.6) is 0 Å². The molecule has 2 rings (SSSR count). The highest BCUT2D eigenvalue weighted by molar-refractivity contribution is 6.37. The van der Waals surface area contributed by atoms with Crippen molar-refractivity contribution in [1.82, 2.24) is 0 Å². The Bertz CT molecular complexity index is 401. The van der Waals surface area contributed by atoms with Crippen molar-refractivity contribution < 1.29 is 9.53 Å². The summed E-state index contributed by atoms with van der Waals surface area (Å²) in [6, 6.07) is 9.70. The van der Waals surface area contributed by atoms with Crippen molar-refractivity contribution in [2.45, 2.75) is 12.8 Å². The van der Waals surface area contributed by atoms with Crippen molar-refractivity contribution in [3.63, 3.8) is 0 Å². The maximum atomic E-state index is 11.4. The minimum atomic E-state index is -0.297. The lowest BCUT2D eigenvalue weighted by molar-refractivity contribution is -0.137. The van der Waals surface area contributed by atoms with Gasteiger partial charge in [-0.2, -0.15) is 5.10 Å². The van der Waals surface area contributed by atoms with Gasteiger partial charge < -0.3 is 4.74 Å². The van der Waals surface area contributed by atoms with Crippen LogP contribution in [0.4, 0.5) is 5.69 Å². The number of hydrogen-bond acceptors (Lipinski definition) is 4. The van der Waals surface area contributed by atoms with Crippen LogP contribution in [0.1, 0.15) is 12.8 Å². The Morgan fingerprint density at radius 2 is 2.06 bits per heavy atom. The lowest BCUT2D eigenvalue weighted by atomic mass is 10.2. The summed E-state index contributed by atoms with van der Waals surface area (Å²) in [6.45, 7) is 0.507. The number of benzene rings is 1. The SMILES string of the molecule is CN(/N=C1/CCCOC1=O)c1ccccc1. The monoisotopic (exact) mass is 218 g/mol. The fourth-order valence-electron chi connectivity index (χ4n) is 1.56. The third kappa shape index (κ3) is 2.39. The molecule has 4 nitrogen and oxygen atoms in total. The molecule has 0 spiro atoms. The predicted octanol–water partition coefficient (Wildman–Crippen LogP) is 1.82. The standard InChI is InChI=1S/C12H14N2O2/c1-14(10-6-3-2-4-7-10)13-11-8-5-9-16-12(11)15/h2-4,6-7H,5,8-9H2,1H3/b13-11-. The molecule has 1 aromatic carbocycles. The second-order valence-electron chi connectivity index (χ2n) is 3.65. The summed E-state index contributed by atoms with van der Waals surface area (Å²) < 4.78 is 4.93. The normalized spacial score (nSPS) is 18.3. The van der Waals surface area contributed by atoms with Crippen LogP contribution in [0, 0.1) is 0 Å². The van der Waals surface area contributed by atoms with Gasteiger partial charge >= 0.3 is 5.97 Å². The summed E-state index contributed by atoms with van der Waals surface area (Å²) in [5, 5.41) is 5.96. The molecule has 0 aromatic heterocycles. The Labute approximate surface area is 94.5 Å². The molecule has 0 bridgehead atoms. The largest absolute Gasteiger partial charge is 0.461 e. The summed E-state index contributed by atoms with van der Waals surface area (Å²) >= 11 is 0. The first-order chi connectivity index (χ1) is 7.77. The van der Waals surface area contributed by atoms with Crippen LogP contribution >= 0.6 is 0 Å². The van der Waals surface area contributed by atoms with Crippen molar-refractivity contribution in [3.8, 4) is 0 Å². The number of ether oxygens (including phenoxy) is 1. The number of hydrazone groups is 1. The van der Waals surface area contributed by atoms with Crippen LogP contribution in [-0.2, 0) is 9.53 Å². The molecule has 84 valence electrons. The first-order valence-electron chi connectivity index (χ1n) is 5.31. The summed E-state index contributed by atoms with van der Waals surface area (Å²) in [5.41, 5.74) is 1.45. The van der Waals surface area contributed by atoms with E-state index in [1.54, 1.807) is 5.01 Å². The van der Waals surface area contributed by atoms with Crippen molar-refractivity contribution in [2.24, 2.45) is 5.10 Å². The van der Waals surface area contributed by atoms with Crippen LogP contribution in [0.2, 0.25) is 0 Å². The number of carbonyl (C=O) groups is 1. The molecule has 16 heavy (non-hydrogen) atoms. The molecule has 0 amide bonds. The molecule has 4 heteroatoms. The van der Waals surface area contributed by atoms with Gasteiger partial charge in [-0.15, -0.1) is 0 Å². The van der Waals surface area contributed by atoms with Gasteiger partial charge in [-0.25, -0.2) is 4.79 Å². The molecule has 1 fully saturated rings. The zero-order chi connectivity index (χ0) is 11.4. The Balaban J connectivity index is 2.14. The zero-order valence-electron chi connectivity index (χ0n) is 9.22. The Morgan fingerprint density at radius 1 is 1.31 bits per heavy atom. The maximum Gasteiger partial charge on any atom is 0.354 e. The van der Waals surface area contributed by atoms with Gasteiger partial charge in [0.15, 0.2) is 0 Å². The van der Waals surface area contributed by atoms with Gasteiger partial charge in [-0.05, 0) is 18.6 Å². The van der Waals surface area contributed by atoms with Crippen LogP contribution in [0.25, 0.3) is 0 Å². The highest BCUT2D eigenvalue weighted by Gasteiger charge is 2.19. The number of nitrogens with zero attached hydrogens (tertiary/aromatic N) is 2. The van der Waals surface area contributed by atoms with E-state index in [2.05, 4.69) is 5.10 Å². The lowest BCUT2D eigenvalue weighted by Gasteiger charge is -2.17. The molecule has 0 atom stereocenters. The van der Waals surface area contributed by atoms with Crippen molar-refractivity contribution in [3.05, 3.63) is 30.3 Å². The molecular weight excluding hydrogens is 204 g/mol. The fraction of sp³-hybridized carbons (Fsp3) is 0.333. The summed E-state index contributed by atoms with van der Waals surface area (Å²) in [4.78, 5) is 11.4. The topological polar surface area (TPSA) is 41.9 Å². The summed E-state index contributed by atoms with van der Waals surface area (Å²) in [7, 11) is 1.82. The summed E-state index contributed by atoms with van der Waals surface area (Å²) in [6.07, 6.45) is 1.54. The lowest BCUT2D eigenvalue weighted by Crippen LogP contribution is -2.27. The highest BCUT2D eigenvalue weighted by atomic mass is 16.5. The number of esters is 1. The number of cyclic esters (lactones) is 1. The van der Waals surface area contributed by atoms with Gasteiger partial charge in [0.05, 0.1) is 12.3 Å². The van der Waals surface area contributed by atoms with Gasteiger partial charge in [0.2, 0.25) is 0 Å². The van der Waals surface area contributed by atoms with E-state index in [9.17, 15) is 4.79 Å². The maximum absolute atomic E-state index is 11.4. The van der Waals surface area contributed by atoms with Crippen molar-refractivity contribution >= 4 is 17.4 Å². The van der Waals surface area contributed by atoms with Gasteiger partial charge in [-0.1, -0.05) is 18.2 Å². The van der Waals surface area contributed by atoms with Crippen molar-refractivity contribution in [1.29, 1.82) is 0 Å². The summed E-state index contributed by atoms with van der Waals surface area (Å²) in [5.74, 6) is -0.297. The van der Waals surface area contributed by atoms with E-state index in [0.29, 0.717) is 18.7 Å². The molecule has 0 aliphatic carbocycles. The number of anilines is 1. The van der Waals surface area contributed by atoms with Gasteiger partial charge in [0.1, 0.15) is 5.71 Å². The quantitative estimate of drug-likeness (QED) is 0.561. The van der Waals surface area contributed by atoms with E-state index in [-0.39, 0.29) is 5.97 Å². The van der Waals surface area contributed by atoms with E-state index < -0.39 is 0 Å². The van der Waals surface area contributed by atoms with E-state index >= 15 is 0 Å². The molecule has 0 radical (unpaired) electrons. The smallest absolute Gasteiger partial charge is 0.354 e. The third-order valence-corrected chi connectivity index (χ3v) is 2.43. The fourth-order valence-corrected chi connectivity index (χ4v) is 1.56. The van der Waals surface area contributed by atoms with Gasteiger partial charge in [0, 0.05) is 13.5 Å². The number of rotatable bonds is 2. The van der Waals surface area contributed by atoms with Gasteiger partial charge in [0.25, 0.3) is 0 Å². The van der Waals surface area contributed by atoms with Crippen LogP contribution in [0.15, 0.2) is 35.4 Å². The molecule has 0 unspecified atom stereocenters. The molecule has 0 N–H and O–H groups in total. The van der Waals surface area contributed by atoms with Gasteiger partial charge in [-0.3, -0.25) is 5.01 Å². The Morgan fingerprint density at radius 3 is 2.75 bits per heavy atom. The molecule has 1 heterocycles. The second kappa shape index (κ2) is 4.79. The third-order valence-electron chi connectivity index (χ3n) is 2.43.